The lowest BCUT2D eigenvalue weighted by atomic mass is 9.90. The fourth-order valence-corrected chi connectivity index (χ4v) is 2.83. The monoisotopic (exact) mass is 276 g/mol. The molecule has 1 aromatic rings. The average molecular weight is 276 g/mol. The third kappa shape index (κ3) is 3.73. The molecule has 2 atom stereocenters. The highest BCUT2D eigenvalue weighted by Crippen LogP contribution is 2.21. The van der Waals surface area contributed by atoms with Crippen LogP contribution in [0.15, 0.2) is 24.3 Å². The van der Waals surface area contributed by atoms with Gasteiger partial charge >= 0.3 is 0 Å². The highest BCUT2D eigenvalue weighted by Gasteiger charge is 2.27. The van der Waals surface area contributed by atoms with Gasteiger partial charge in [-0.15, -0.1) is 0 Å². The van der Waals surface area contributed by atoms with Crippen LogP contribution in [0.5, 0.6) is 5.75 Å². The van der Waals surface area contributed by atoms with Crippen LogP contribution < -0.4 is 5.32 Å². The van der Waals surface area contributed by atoms with Gasteiger partial charge in [0.1, 0.15) is 5.75 Å². The van der Waals surface area contributed by atoms with Crippen molar-refractivity contribution in [1.29, 1.82) is 0 Å². The fourth-order valence-electron chi connectivity index (χ4n) is 2.83. The number of hydrogen-bond donors (Lipinski definition) is 2. The number of likely N-dealkylation sites (N-methyl/N-ethyl adjacent to an activating group) is 1. The van der Waals surface area contributed by atoms with E-state index in [0.717, 1.165) is 31.4 Å². The van der Waals surface area contributed by atoms with Gasteiger partial charge in [-0.3, -0.25) is 4.79 Å². The lowest BCUT2D eigenvalue weighted by Crippen LogP contribution is -2.49. The van der Waals surface area contributed by atoms with E-state index >= 15 is 0 Å². The second-order valence-corrected chi connectivity index (χ2v) is 5.67. The van der Waals surface area contributed by atoms with Crippen LogP contribution >= 0.6 is 0 Å². The molecule has 0 aromatic heterocycles. The molecule has 1 amide bonds. The Morgan fingerprint density at radius 3 is 3.00 bits per heavy atom. The molecule has 1 aliphatic heterocycles. The number of carbonyl (C=O) groups excluding carboxylic acids is 1. The summed E-state index contributed by atoms with van der Waals surface area (Å²) in [5.41, 5.74) is 0.948. The molecule has 0 aliphatic carbocycles. The van der Waals surface area contributed by atoms with E-state index in [4.69, 9.17) is 0 Å². The van der Waals surface area contributed by atoms with Crippen molar-refractivity contribution in [2.75, 3.05) is 13.6 Å². The quantitative estimate of drug-likeness (QED) is 0.886. The summed E-state index contributed by atoms with van der Waals surface area (Å²) in [4.78, 5) is 14.2. The van der Waals surface area contributed by atoms with Crippen LogP contribution in [0.3, 0.4) is 0 Å². The van der Waals surface area contributed by atoms with Gasteiger partial charge in [-0.25, -0.2) is 0 Å². The first-order valence-electron chi connectivity index (χ1n) is 7.36. The molecular formula is C16H24N2O2. The van der Waals surface area contributed by atoms with Crippen molar-refractivity contribution in [3.8, 4) is 5.75 Å². The van der Waals surface area contributed by atoms with Gasteiger partial charge in [-0.1, -0.05) is 25.5 Å². The first kappa shape index (κ1) is 14.9. The molecule has 110 valence electrons. The Labute approximate surface area is 120 Å². The van der Waals surface area contributed by atoms with Crippen LogP contribution in [0, 0.1) is 5.92 Å². The minimum Gasteiger partial charge on any atom is -0.508 e. The fraction of sp³-hybridized carbons (Fsp3) is 0.562. The second-order valence-electron chi connectivity index (χ2n) is 5.67. The Balaban J connectivity index is 1.94. The third-order valence-electron chi connectivity index (χ3n) is 4.09. The molecule has 0 saturated carbocycles. The van der Waals surface area contributed by atoms with Gasteiger partial charge in [-0.05, 0) is 43.0 Å². The van der Waals surface area contributed by atoms with Gasteiger partial charge in [0, 0.05) is 13.6 Å². The van der Waals surface area contributed by atoms with Crippen molar-refractivity contribution < 1.29 is 9.90 Å². The van der Waals surface area contributed by atoms with Crippen LogP contribution in [0.25, 0.3) is 0 Å². The van der Waals surface area contributed by atoms with Gasteiger partial charge in [0.2, 0.25) is 5.91 Å². The van der Waals surface area contributed by atoms with E-state index in [1.54, 1.807) is 23.1 Å². The number of benzene rings is 1. The average Bonchev–Trinajstić information content (AvgIpc) is 2.46. The van der Waals surface area contributed by atoms with Crippen molar-refractivity contribution in [1.82, 2.24) is 10.2 Å². The second kappa shape index (κ2) is 6.75. The van der Waals surface area contributed by atoms with Gasteiger partial charge < -0.3 is 15.3 Å². The molecule has 20 heavy (non-hydrogen) atoms. The number of piperidine rings is 1. The molecule has 1 aliphatic rings. The molecule has 0 bridgehead atoms. The summed E-state index contributed by atoms with van der Waals surface area (Å²) in [5.74, 6) is 1.04. The Kier molecular flexibility index (Phi) is 5.01. The largest absolute Gasteiger partial charge is 0.508 e. The Hall–Kier alpha value is -1.55. The molecule has 4 heteroatoms. The lowest BCUT2D eigenvalue weighted by molar-refractivity contribution is -0.133. The molecule has 4 nitrogen and oxygen atoms in total. The summed E-state index contributed by atoms with van der Waals surface area (Å²) in [5, 5.41) is 12.8. The van der Waals surface area contributed by atoms with Crippen LogP contribution in [0.4, 0.5) is 0 Å². The molecular weight excluding hydrogens is 252 g/mol. The molecule has 1 heterocycles. The zero-order chi connectivity index (χ0) is 14.5. The van der Waals surface area contributed by atoms with Crippen molar-refractivity contribution in [3.05, 3.63) is 29.8 Å². The van der Waals surface area contributed by atoms with Crippen molar-refractivity contribution in [3.63, 3.8) is 0 Å². The predicted molar refractivity (Wildman–Crippen MR) is 79.4 cm³/mol. The molecule has 2 unspecified atom stereocenters. The maximum atomic E-state index is 12.4. The number of carbonyl (C=O) groups is 1. The maximum absolute atomic E-state index is 12.4. The minimum atomic E-state index is -0.0593. The van der Waals surface area contributed by atoms with Crippen molar-refractivity contribution in [2.45, 2.75) is 38.8 Å². The van der Waals surface area contributed by atoms with Gasteiger partial charge in [-0.2, -0.15) is 0 Å². The summed E-state index contributed by atoms with van der Waals surface area (Å²) in [6.07, 6.45) is 3.23. The number of amides is 1. The first-order chi connectivity index (χ1) is 9.60. The number of hydrogen-bond acceptors (Lipinski definition) is 3. The summed E-state index contributed by atoms with van der Waals surface area (Å²) >= 11 is 0. The van der Waals surface area contributed by atoms with Gasteiger partial charge in [0.05, 0.1) is 6.04 Å². The van der Waals surface area contributed by atoms with E-state index in [0.29, 0.717) is 12.5 Å². The lowest BCUT2D eigenvalue weighted by Gasteiger charge is -2.31. The SMILES string of the molecule is CCC1CCNC(C(=O)N(C)Cc2cccc(O)c2)C1. The molecule has 0 spiro atoms. The number of rotatable bonds is 4. The Bertz CT molecular complexity index is 462. The smallest absolute Gasteiger partial charge is 0.239 e. The minimum absolute atomic E-state index is 0.0593. The zero-order valence-electron chi connectivity index (χ0n) is 12.3. The maximum Gasteiger partial charge on any atom is 0.239 e. The first-order valence-corrected chi connectivity index (χ1v) is 7.36. The van der Waals surface area contributed by atoms with E-state index in [2.05, 4.69) is 12.2 Å². The van der Waals surface area contributed by atoms with Crippen LogP contribution in [-0.4, -0.2) is 35.5 Å². The molecule has 1 aromatic carbocycles. The summed E-state index contributed by atoms with van der Waals surface area (Å²) in [7, 11) is 1.82. The van der Waals surface area contributed by atoms with Crippen LogP contribution in [0.2, 0.25) is 0 Å². The van der Waals surface area contributed by atoms with E-state index in [9.17, 15) is 9.90 Å². The molecule has 0 radical (unpaired) electrons. The number of nitrogens with one attached hydrogen (secondary N) is 1. The zero-order valence-corrected chi connectivity index (χ0v) is 12.3. The topological polar surface area (TPSA) is 52.6 Å². The van der Waals surface area contributed by atoms with Gasteiger partial charge in [0.15, 0.2) is 0 Å². The highest BCUT2D eigenvalue weighted by molar-refractivity contribution is 5.81. The van der Waals surface area contributed by atoms with E-state index < -0.39 is 0 Å². The number of phenolic OH excluding ortho intramolecular Hbond substituents is 1. The normalized spacial score (nSPS) is 22.5. The van der Waals surface area contributed by atoms with Crippen molar-refractivity contribution >= 4 is 5.91 Å². The Morgan fingerprint density at radius 2 is 2.30 bits per heavy atom. The molecule has 1 fully saturated rings. The highest BCUT2D eigenvalue weighted by atomic mass is 16.3. The van der Waals surface area contributed by atoms with E-state index in [-0.39, 0.29) is 17.7 Å². The summed E-state index contributed by atoms with van der Waals surface area (Å²) in [6.45, 7) is 3.64. The van der Waals surface area contributed by atoms with E-state index in [1.807, 2.05) is 13.1 Å². The van der Waals surface area contributed by atoms with Crippen molar-refractivity contribution in [2.24, 2.45) is 5.92 Å². The van der Waals surface area contributed by atoms with Crippen LogP contribution in [-0.2, 0) is 11.3 Å². The summed E-state index contributed by atoms with van der Waals surface area (Å²) < 4.78 is 0. The molecule has 2 N–H and O–H groups in total. The molecule has 2 rings (SSSR count). The van der Waals surface area contributed by atoms with E-state index in [1.165, 1.54) is 0 Å². The Morgan fingerprint density at radius 1 is 1.50 bits per heavy atom. The molecule has 1 saturated heterocycles. The number of phenols is 1. The number of aromatic hydroxyl groups is 1. The standard InChI is InChI=1S/C16H24N2O2/c1-3-12-7-8-17-15(10-12)16(20)18(2)11-13-5-4-6-14(19)9-13/h4-6,9,12,15,17,19H,3,7-8,10-11H2,1-2H3. The van der Waals surface area contributed by atoms with Gasteiger partial charge in [0.25, 0.3) is 0 Å². The van der Waals surface area contributed by atoms with Crippen LogP contribution in [0.1, 0.15) is 31.7 Å². The number of nitrogens with zero attached hydrogens (tertiary/aromatic N) is 1. The summed E-state index contributed by atoms with van der Waals surface area (Å²) in [6, 6.07) is 7.00. The third-order valence-corrected chi connectivity index (χ3v) is 4.09. The predicted octanol–water partition coefficient (Wildman–Crippen LogP) is 2.13.